The van der Waals surface area contributed by atoms with E-state index in [0.29, 0.717) is 11.2 Å². The smallest absolute Gasteiger partial charge is 0.224 e. The lowest BCUT2D eigenvalue weighted by Gasteiger charge is -2.21. The van der Waals surface area contributed by atoms with Crippen molar-refractivity contribution in [3.63, 3.8) is 0 Å². The van der Waals surface area contributed by atoms with E-state index in [9.17, 15) is 4.79 Å². The quantitative estimate of drug-likeness (QED) is 0.729. The highest BCUT2D eigenvalue weighted by molar-refractivity contribution is 7.99. The van der Waals surface area contributed by atoms with Gasteiger partial charge in [-0.2, -0.15) is 9.97 Å². The van der Waals surface area contributed by atoms with Crippen LogP contribution in [0, 0.1) is 0 Å². The van der Waals surface area contributed by atoms with Crippen LogP contribution >= 0.6 is 11.8 Å². The van der Waals surface area contributed by atoms with Crippen molar-refractivity contribution in [3.05, 3.63) is 36.0 Å². The largest absolute Gasteiger partial charge is 0.368 e. The standard InChI is InChI=1S/C18H20N6OS/c1-10(25)20-14-12-15(24-17(19)23-14)22-13(18(2,3)4)16(21-12)26-11-8-6-5-7-9-11/h5-9H,1-4H3,(H3,19,20,22,23,24,25). The van der Waals surface area contributed by atoms with Gasteiger partial charge in [-0.1, -0.05) is 50.7 Å². The molecule has 3 rings (SSSR count). The van der Waals surface area contributed by atoms with Crippen LogP contribution in [0.4, 0.5) is 11.8 Å². The molecule has 26 heavy (non-hydrogen) atoms. The van der Waals surface area contributed by atoms with Crippen molar-refractivity contribution in [1.82, 2.24) is 19.9 Å². The average molecular weight is 368 g/mol. The minimum atomic E-state index is -0.261. The van der Waals surface area contributed by atoms with E-state index in [0.717, 1.165) is 15.6 Å². The summed E-state index contributed by atoms with van der Waals surface area (Å²) in [5.41, 5.74) is 7.12. The topological polar surface area (TPSA) is 107 Å². The number of carbonyl (C=O) groups is 1. The molecule has 0 aliphatic heterocycles. The Hall–Kier alpha value is -2.74. The number of aromatic nitrogens is 4. The van der Waals surface area contributed by atoms with Crippen molar-refractivity contribution in [2.75, 3.05) is 11.1 Å². The van der Waals surface area contributed by atoms with Crippen molar-refractivity contribution >= 4 is 40.6 Å². The third kappa shape index (κ3) is 3.91. The average Bonchev–Trinajstić information content (AvgIpc) is 2.54. The van der Waals surface area contributed by atoms with E-state index in [1.807, 2.05) is 30.3 Å². The number of anilines is 2. The number of nitrogens with zero attached hydrogens (tertiary/aromatic N) is 4. The highest BCUT2D eigenvalue weighted by atomic mass is 32.2. The molecule has 0 aliphatic rings. The molecular formula is C18H20N6OS. The maximum atomic E-state index is 11.5. The van der Waals surface area contributed by atoms with Crippen LogP contribution in [0.1, 0.15) is 33.4 Å². The lowest BCUT2D eigenvalue weighted by molar-refractivity contribution is -0.114. The van der Waals surface area contributed by atoms with Crippen LogP contribution in [0.25, 0.3) is 11.2 Å². The van der Waals surface area contributed by atoms with Gasteiger partial charge >= 0.3 is 0 Å². The normalized spacial score (nSPS) is 11.5. The zero-order chi connectivity index (χ0) is 18.9. The Balaban J connectivity index is 2.23. The Labute approximate surface area is 155 Å². The molecule has 0 saturated carbocycles. The van der Waals surface area contributed by atoms with Gasteiger partial charge in [0.2, 0.25) is 11.9 Å². The van der Waals surface area contributed by atoms with Crippen LogP contribution in [-0.2, 0) is 10.2 Å². The molecule has 0 atom stereocenters. The summed E-state index contributed by atoms with van der Waals surface area (Å²) in [5, 5.41) is 3.40. The highest BCUT2D eigenvalue weighted by Crippen LogP contribution is 2.35. The summed E-state index contributed by atoms with van der Waals surface area (Å²) in [6, 6.07) is 9.93. The van der Waals surface area contributed by atoms with Gasteiger partial charge in [-0.05, 0) is 12.1 Å². The fourth-order valence-corrected chi connectivity index (χ4v) is 3.46. The first-order valence-corrected chi connectivity index (χ1v) is 8.92. The Morgan fingerprint density at radius 2 is 1.77 bits per heavy atom. The number of rotatable bonds is 3. The van der Waals surface area contributed by atoms with E-state index in [4.69, 9.17) is 15.7 Å². The predicted molar refractivity (Wildman–Crippen MR) is 103 cm³/mol. The van der Waals surface area contributed by atoms with Crippen LogP contribution in [0.3, 0.4) is 0 Å². The molecule has 0 unspecified atom stereocenters. The molecule has 1 amide bonds. The summed E-state index contributed by atoms with van der Waals surface area (Å²) in [6.07, 6.45) is 0. The summed E-state index contributed by atoms with van der Waals surface area (Å²) < 4.78 is 0. The van der Waals surface area contributed by atoms with Gasteiger partial charge < -0.3 is 11.1 Å². The number of nitrogens with one attached hydrogen (secondary N) is 1. The maximum Gasteiger partial charge on any atom is 0.224 e. The number of carbonyl (C=O) groups excluding carboxylic acids is 1. The second-order valence-electron chi connectivity index (χ2n) is 6.83. The van der Waals surface area contributed by atoms with Crippen molar-refractivity contribution in [1.29, 1.82) is 0 Å². The third-order valence-electron chi connectivity index (χ3n) is 3.48. The molecule has 0 spiro atoms. The van der Waals surface area contributed by atoms with Gasteiger partial charge in [-0.15, -0.1) is 0 Å². The highest BCUT2D eigenvalue weighted by Gasteiger charge is 2.24. The monoisotopic (exact) mass is 368 g/mol. The molecule has 0 fully saturated rings. The predicted octanol–water partition coefficient (Wildman–Crippen LogP) is 3.41. The van der Waals surface area contributed by atoms with E-state index in [-0.39, 0.29) is 23.1 Å². The first-order valence-electron chi connectivity index (χ1n) is 8.10. The molecule has 1 aromatic carbocycles. The minimum absolute atomic E-state index is 0.0406. The number of benzene rings is 1. The number of hydrogen-bond acceptors (Lipinski definition) is 7. The van der Waals surface area contributed by atoms with Gasteiger partial charge in [0, 0.05) is 17.2 Å². The third-order valence-corrected chi connectivity index (χ3v) is 4.46. The van der Waals surface area contributed by atoms with Crippen LogP contribution in [0.2, 0.25) is 0 Å². The first kappa shape index (κ1) is 18.1. The molecule has 2 heterocycles. The van der Waals surface area contributed by atoms with Gasteiger partial charge in [0.1, 0.15) is 5.03 Å². The number of fused-ring (bicyclic) bond motifs is 1. The van der Waals surface area contributed by atoms with Crippen LogP contribution in [0.5, 0.6) is 0 Å². The summed E-state index contributed by atoms with van der Waals surface area (Å²) >= 11 is 1.51. The van der Waals surface area contributed by atoms with E-state index in [1.165, 1.54) is 18.7 Å². The number of nitrogen functional groups attached to an aromatic ring is 1. The van der Waals surface area contributed by atoms with E-state index < -0.39 is 0 Å². The van der Waals surface area contributed by atoms with Crippen molar-refractivity contribution in [3.8, 4) is 0 Å². The molecule has 0 aliphatic carbocycles. The Bertz CT molecular complexity index is 969. The molecule has 2 aromatic heterocycles. The SMILES string of the molecule is CC(=O)Nc1nc(N)nc2nc(C(C)(C)C)c(Sc3ccccc3)nc12. The molecule has 8 heteroatoms. The number of hydrogen-bond donors (Lipinski definition) is 2. The molecule has 3 N–H and O–H groups in total. The zero-order valence-electron chi connectivity index (χ0n) is 15.1. The van der Waals surface area contributed by atoms with Gasteiger partial charge in [-0.25, -0.2) is 9.97 Å². The van der Waals surface area contributed by atoms with Crippen LogP contribution in [-0.4, -0.2) is 25.8 Å². The van der Waals surface area contributed by atoms with Crippen molar-refractivity contribution in [2.45, 2.75) is 43.0 Å². The molecule has 0 saturated heterocycles. The number of nitrogens with two attached hydrogens (primary N) is 1. The molecular weight excluding hydrogens is 348 g/mol. The molecule has 3 aromatic rings. The summed E-state index contributed by atoms with van der Waals surface area (Å²) in [7, 11) is 0. The van der Waals surface area contributed by atoms with E-state index in [2.05, 4.69) is 36.1 Å². The zero-order valence-corrected chi connectivity index (χ0v) is 15.9. The second-order valence-corrected chi connectivity index (χ2v) is 7.89. The fourth-order valence-electron chi connectivity index (χ4n) is 2.36. The Kier molecular flexibility index (Phi) is 4.78. The Morgan fingerprint density at radius 1 is 1.08 bits per heavy atom. The van der Waals surface area contributed by atoms with Gasteiger partial charge in [0.05, 0.1) is 5.69 Å². The van der Waals surface area contributed by atoms with E-state index in [1.54, 1.807) is 0 Å². The Morgan fingerprint density at radius 3 is 2.38 bits per heavy atom. The first-order chi connectivity index (χ1) is 12.2. The molecule has 0 bridgehead atoms. The molecule has 0 radical (unpaired) electrons. The van der Waals surface area contributed by atoms with E-state index >= 15 is 0 Å². The van der Waals surface area contributed by atoms with Crippen LogP contribution in [0.15, 0.2) is 40.3 Å². The molecule has 7 nitrogen and oxygen atoms in total. The summed E-state index contributed by atoms with van der Waals surface area (Å²) in [6.45, 7) is 7.60. The van der Waals surface area contributed by atoms with Crippen molar-refractivity contribution < 1.29 is 4.79 Å². The fraction of sp³-hybridized carbons (Fsp3) is 0.278. The maximum absolute atomic E-state index is 11.5. The van der Waals surface area contributed by atoms with Crippen molar-refractivity contribution in [2.24, 2.45) is 0 Å². The van der Waals surface area contributed by atoms with Gasteiger partial charge in [0.15, 0.2) is 17.0 Å². The minimum Gasteiger partial charge on any atom is -0.368 e. The lowest BCUT2D eigenvalue weighted by Crippen LogP contribution is -2.18. The van der Waals surface area contributed by atoms with Crippen LogP contribution < -0.4 is 11.1 Å². The second kappa shape index (κ2) is 6.87. The van der Waals surface area contributed by atoms with Gasteiger partial charge in [-0.3, -0.25) is 4.79 Å². The number of amides is 1. The summed E-state index contributed by atoms with van der Waals surface area (Å²) in [5.74, 6) is 0.0464. The van der Waals surface area contributed by atoms with Gasteiger partial charge in [0.25, 0.3) is 0 Å². The molecule has 134 valence electrons. The lowest BCUT2D eigenvalue weighted by atomic mass is 9.92. The summed E-state index contributed by atoms with van der Waals surface area (Å²) in [4.78, 5) is 30.3.